The number of hydrogen-bond donors (Lipinski definition) is 0. The lowest BCUT2D eigenvalue weighted by atomic mass is 10.2. The van der Waals surface area contributed by atoms with E-state index in [0.29, 0.717) is 11.4 Å². The van der Waals surface area contributed by atoms with Gasteiger partial charge in [0.15, 0.2) is 11.5 Å². The Balaban J connectivity index is 2.17. The summed E-state index contributed by atoms with van der Waals surface area (Å²) in [5.74, 6) is 4.01. The van der Waals surface area contributed by atoms with E-state index in [-0.39, 0.29) is 0 Å². The minimum absolute atomic E-state index is 0.352. The van der Waals surface area contributed by atoms with Crippen LogP contribution < -0.4 is 9.47 Å². The van der Waals surface area contributed by atoms with Crippen molar-refractivity contribution in [3.05, 3.63) is 23.8 Å². The minimum Gasteiger partial charge on any atom is -0.454 e. The molecule has 16 heavy (non-hydrogen) atoms. The average molecular weight is 256 g/mol. The van der Waals surface area contributed by atoms with Gasteiger partial charge in [0.05, 0.1) is 4.58 Å². The number of fused-ring (bicyclic) bond motifs is 1. The Morgan fingerprint density at radius 1 is 1.12 bits per heavy atom. The van der Waals surface area contributed by atoms with E-state index in [9.17, 15) is 0 Å². The first-order valence-corrected chi connectivity index (χ1v) is 7.57. The lowest BCUT2D eigenvalue weighted by molar-refractivity contribution is 0.174. The van der Waals surface area contributed by atoms with E-state index >= 15 is 0 Å². The molecule has 0 bridgehead atoms. The lowest BCUT2D eigenvalue weighted by Gasteiger charge is -2.15. The van der Waals surface area contributed by atoms with Crippen LogP contribution in [0.1, 0.15) is 24.0 Å². The smallest absolute Gasteiger partial charge is 0.231 e. The van der Waals surface area contributed by atoms with Crippen molar-refractivity contribution in [3.63, 3.8) is 0 Å². The van der Waals surface area contributed by atoms with Crippen LogP contribution in [0.2, 0.25) is 0 Å². The van der Waals surface area contributed by atoms with Crippen molar-refractivity contribution < 1.29 is 9.47 Å². The van der Waals surface area contributed by atoms with E-state index < -0.39 is 0 Å². The molecule has 88 valence electrons. The molecule has 2 nitrogen and oxygen atoms in total. The first-order valence-electron chi connectivity index (χ1n) is 5.48. The molecule has 1 aliphatic rings. The van der Waals surface area contributed by atoms with Gasteiger partial charge in [0, 0.05) is 0 Å². The van der Waals surface area contributed by atoms with Crippen LogP contribution in [0.15, 0.2) is 18.2 Å². The molecule has 1 aromatic rings. The summed E-state index contributed by atoms with van der Waals surface area (Å²) in [5.41, 5.74) is 1.32. The molecule has 0 aromatic heterocycles. The second-order valence-corrected chi connectivity index (χ2v) is 6.42. The van der Waals surface area contributed by atoms with Crippen molar-refractivity contribution in [1.29, 1.82) is 0 Å². The second-order valence-electron chi connectivity index (χ2n) is 3.36. The molecule has 0 fully saturated rings. The molecule has 0 atom stereocenters. The van der Waals surface area contributed by atoms with Gasteiger partial charge in [-0.3, -0.25) is 0 Å². The molecular weight excluding hydrogens is 240 g/mol. The van der Waals surface area contributed by atoms with Crippen molar-refractivity contribution in [3.8, 4) is 11.5 Å². The monoisotopic (exact) mass is 256 g/mol. The van der Waals surface area contributed by atoms with E-state index in [4.69, 9.17) is 9.47 Å². The summed E-state index contributed by atoms with van der Waals surface area (Å²) in [7, 11) is 0. The molecule has 0 radical (unpaired) electrons. The van der Waals surface area contributed by atoms with Gasteiger partial charge >= 0.3 is 0 Å². The number of rotatable bonds is 5. The summed E-state index contributed by atoms with van der Waals surface area (Å²) < 4.78 is 11.2. The standard InChI is InChI=1S/C12H16O2S2/c1-3-15-12(16-4-2)9-5-6-10-11(7-9)14-8-13-10/h5-7,12H,3-4,8H2,1-2H3. The highest BCUT2D eigenvalue weighted by Crippen LogP contribution is 2.43. The van der Waals surface area contributed by atoms with Gasteiger partial charge < -0.3 is 9.47 Å². The van der Waals surface area contributed by atoms with Gasteiger partial charge in [0.2, 0.25) is 6.79 Å². The third kappa shape index (κ3) is 2.61. The zero-order chi connectivity index (χ0) is 11.4. The molecule has 0 amide bonds. The summed E-state index contributed by atoms with van der Waals surface area (Å²) in [5, 5.41) is 0. The molecule has 0 N–H and O–H groups in total. The van der Waals surface area contributed by atoms with Crippen LogP contribution in [0.25, 0.3) is 0 Å². The van der Waals surface area contributed by atoms with E-state index in [1.807, 2.05) is 29.6 Å². The zero-order valence-electron chi connectivity index (χ0n) is 9.56. The Bertz CT molecular complexity index is 349. The fourth-order valence-electron chi connectivity index (χ4n) is 1.60. The number of ether oxygens (including phenoxy) is 2. The first-order chi connectivity index (χ1) is 7.85. The fraction of sp³-hybridized carbons (Fsp3) is 0.500. The Morgan fingerprint density at radius 3 is 2.50 bits per heavy atom. The average Bonchev–Trinajstić information content (AvgIpc) is 2.75. The molecular formula is C12H16O2S2. The van der Waals surface area contributed by atoms with Crippen molar-refractivity contribution in [2.75, 3.05) is 18.3 Å². The minimum atomic E-state index is 0.352. The van der Waals surface area contributed by atoms with Gasteiger partial charge in [0.1, 0.15) is 0 Å². The third-order valence-electron chi connectivity index (χ3n) is 2.30. The molecule has 0 saturated heterocycles. The lowest BCUT2D eigenvalue weighted by Crippen LogP contribution is -1.93. The fourth-order valence-corrected chi connectivity index (χ4v) is 4.09. The summed E-state index contributed by atoms with van der Waals surface area (Å²) in [6.07, 6.45) is 0. The SMILES string of the molecule is CCSC(SCC)c1ccc2c(c1)OCO2. The van der Waals surface area contributed by atoms with E-state index in [1.54, 1.807) is 0 Å². The molecule has 1 aliphatic heterocycles. The highest BCUT2D eigenvalue weighted by molar-refractivity contribution is 8.16. The molecule has 0 spiro atoms. The number of thioether (sulfide) groups is 2. The van der Waals surface area contributed by atoms with Gasteiger partial charge in [-0.2, -0.15) is 0 Å². The molecule has 4 heteroatoms. The molecule has 0 aliphatic carbocycles. The molecule has 2 rings (SSSR count). The van der Waals surface area contributed by atoms with Crippen molar-refractivity contribution >= 4 is 23.5 Å². The van der Waals surface area contributed by atoms with Crippen LogP contribution in [0.3, 0.4) is 0 Å². The zero-order valence-corrected chi connectivity index (χ0v) is 11.2. The maximum absolute atomic E-state index is 5.40. The predicted molar refractivity (Wildman–Crippen MR) is 71.6 cm³/mol. The summed E-state index contributed by atoms with van der Waals surface area (Å²) in [4.78, 5) is 0. The maximum Gasteiger partial charge on any atom is 0.231 e. The van der Waals surface area contributed by atoms with E-state index in [1.165, 1.54) is 5.56 Å². The normalized spacial score (nSPS) is 13.4. The molecule has 1 heterocycles. The Kier molecular flexibility index (Phi) is 4.29. The van der Waals surface area contributed by atoms with Gasteiger partial charge in [0.25, 0.3) is 0 Å². The van der Waals surface area contributed by atoms with Gasteiger partial charge in [-0.25, -0.2) is 0 Å². The van der Waals surface area contributed by atoms with Crippen LogP contribution in [-0.4, -0.2) is 18.3 Å². The summed E-state index contributed by atoms with van der Waals surface area (Å²) >= 11 is 3.93. The van der Waals surface area contributed by atoms with Crippen molar-refractivity contribution in [2.24, 2.45) is 0 Å². The van der Waals surface area contributed by atoms with Crippen LogP contribution in [0.4, 0.5) is 0 Å². The van der Waals surface area contributed by atoms with Crippen LogP contribution >= 0.6 is 23.5 Å². The summed E-state index contributed by atoms with van der Waals surface area (Å²) in [6.45, 7) is 4.74. The van der Waals surface area contributed by atoms with E-state index in [2.05, 4.69) is 26.0 Å². The summed E-state index contributed by atoms with van der Waals surface area (Å²) in [6, 6.07) is 6.26. The number of benzene rings is 1. The predicted octanol–water partition coefficient (Wildman–Crippen LogP) is 3.92. The topological polar surface area (TPSA) is 18.5 Å². The Labute approximate surface area is 105 Å². The number of hydrogen-bond acceptors (Lipinski definition) is 4. The van der Waals surface area contributed by atoms with Gasteiger partial charge in [-0.15, -0.1) is 23.5 Å². The quantitative estimate of drug-likeness (QED) is 0.743. The molecule has 1 aromatic carbocycles. The Hall–Kier alpha value is -0.480. The molecule has 0 unspecified atom stereocenters. The highest BCUT2D eigenvalue weighted by atomic mass is 32.2. The highest BCUT2D eigenvalue weighted by Gasteiger charge is 2.17. The van der Waals surface area contributed by atoms with E-state index in [0.717, 1.165) is 23.0 Å². The van der Waals surface area contributed by atoms with Crippen LogP contribution in [0.5, 0.6) is 11.5 Å². The van der Waals surface area contributed by atoms with Crippen LogP contribution in [-0.2, 0) is 0 Å². The van der Waals surface area contributed by atoms with Gasteiger partial charge in [-0.1, -0.05) is 19.9 Å². The van der Waals surface area contributed by atoms with Gasteiger partial charge in [-0.05, 0) is 29.2 Å². The third-order valence-corrected chi connectivity index (χ3v) is 4.94. The largest absolute Gasteiger partial charge is 0.454 e. The molecule has 0 saturated carbocycles. The van der Waals surface area contributed by atoms with Crippen molar-refractivity contribution in [1.82, 2.24) is 0 Å². The Morgan fingerprint density at radius 2 is 1.81 bits per heavy atom. The first kappa shape index (κ1) is 12.0. The van der Waals surface area contributed by atoms with Crippen molar-refractivity contribution in [2.45, 2.75) is 18.4 Å². The second kappa shape index (κ2) is 5.73. The maximum atomic E-state index is 5.40. The van der Waals surface area contributed by atoms with Crippen LogP contribution in [0, 0.1) is 0 Å².